The molecule has 1 rings (SSSR count). The van der Waals surface area contributed by atoms with E-state index in [1.54, 1.807) is 19.1 Å². The zero-order valence-electron chi connectivity index (χ0n) is 8.56. The van der Waals surface area contributed by atoms with E-state index in [4.69, 9.17) is 13.2 Å². The molecule has 0 unspecified atom stereocenters. The number of carbonyl (C=O) groups is 1. The topological polar surface area (TPSA) is 60.4 Å². The van der Waals surface area contributed by atoms with Gasteiger partial charge in [-0.3, -0.25) is 4.79 Å². The van der Waals surface area contributed by atoms with Crippen LogP contribution in [0.25, 0.3) is 0 Å². The van der Waals surface area contributed by atoms with Crippen LogP contribution in [-0.2, 0) is 16.4 Å². The first-order valence-corrected chi connectivity index (χ1v) is 4.99. The fourth-order valence-corrected chi connectivity index (χ4v) is 0.810. The predicted molar refractivity (Wildman–Crippen MR) is 56.0 cm³/mol. The van der Waals surface area contributed by atoms with E-state index in [-0.39, 0.29) is 5.97 Å². The molecule has 0 spiro atoms. The minimum atomic E-state index is -0.750. The normalized spacial score (nSPS) is 8.40. The van der Waals surface area contributed by atoms with Crippen LogP contribution >= 0.6 is 0 Å². The Kier molecular flexibility index (Phi) is 7.09. The largest absolute Gasteiger partial charge is 0.427 e. The van der Waals surface area contributed by atoms with Gasteiger partial charge < -0.3 is 4.74 Å². The predicted octanol–water partition coefficient (Wildman–Crippen LogP) is 1.64. The third kappa shape index (κ3) is 6.56. The SMILES string of the molecule is CCC(=O)Oc1ccc(C)cc1.O=S=O. The summed E-state index contributed by atoms with van der Waals surface area (Å²) < 4.78 is 21.6. The van der Waals surface area contributed by atoms with Gasteiger partial charge in [0, 0.05) is 6.42 Å². The second-order valence-corrected chi connectivity index (χ2v) is 2.84. The van der Waals surface area contributed by atoms with Crippen molar-refractivity contribution in [1.29, 1.82) is 0 Å². The standard InChI is InChI=1S/C10H12O2.O2S/c1-3-10(11)12-9-6-4-8(2)5-7-9;1-3-2/h4-7H,3H2,1-2H3;. The summed E-state index contributed by atoms with van der Waals surface area (Å²) in [6.45, 7) is 3.77. The summed E-state index contributed by atoms with van der Waals surface area (Å²) >= 11 is -0.750. The highest BCUT2D eigenvalue weighted by Crippen LogP contribution is 2.11. The number of carbonyl (C=O) groups excluding carboxylic acids is 1. The average Bonchev–Trinajstić information content (AvgIpc) is 2.22. The molecule has 0 saturated heterocycles. The van der Waals surface area contributed by atoms with Gasteiger partial charge in [0.1, 0.15) is 5.75 Å². The molecular weight excluding hydrogens is 216 g/mol. The molecule has 0 bridgehead atoms. The van der Waals surface area contributed by atoms with Crippen LogP contribution in [0.5, 0.6) is 5.75 Å². The first kappa shape index (κ1) is 13.5. The Morgan fingerprint density at radius 1 is 1.27 bits per heavy atom. The maximum atomic E-state index is 10.8. The number of rotatable bonds is 2. The summed E-state index contributed by atoms with van der Waals surface area (Å²) in [5.41, 5.74) is 1.16. The van der Waals surface area contributed by atoms with Crippen molar-refractivity contribution >= 4 is 17.5 Å². The average molecular weight is 228 g/mol. The summed E-state index contributed by atoms with van der Waals surface area (Å²) in [6, 6.07) is 7.42. The van der Waals surface area contributed by atoms with Crippen molar-refractivity contribution in [3.63, 3.8) is 0 Å². The zero-order valence-corrected chi connectivity index (χ0v) is 9.37. The van der Waals surface area contributed by atoms with Gasteiger partial charge in [-0.15, -0.1) is 0 Å². The van der Waals surface area contributed by atoms with Crippen molar-refractivity contribution in [3.8, 4) is 5.75 Å². The van der Waals surface area contributed by atoms with Crippen molar-refractivity contribution in [2.24, 2.45) is 0 Å². The molecule has 15 heavy (non-hydrogen) atoms. The lowest BCUT2D eigenvalue weighted by molar-refractivity contribution is -0.134. The van der Waals surface area contributed by atoms with Crippen LogP contribution in [0.15, 0.2) is 24.3 Å². The molecule has 82 valence electrons. The molecule has 0 N–H and O–H groups in total. The van der Waals surface area contributed by atoms with Gasteiger partial charge in [0.25, 0.3) is 0 Å². The molecular formula is C10H12O4S. The molecule has 0 atom stereocenters. The maximum Gasteiger partial charge on any atom is 0.335 e. The van der Waals surface area contributed by atoms with Gasteiger partial charge in [-0.2, -0.15) is 8.42 Å². The highest BCUT2D eigenvalue weighted by Gasteiger charge is 1.99. The lowest BCUT2D eigenvalue weighted by Crippen LogP contribution is -2.05. The lowest BCUT2D eigenvalue weighted by Gasteiger charge is -2.01. The van der Waals surface area contributed by atoms with Gasteiger partial charge in [-0.05, 0) is 19.1 Å². The Morgan fingerprint density at radius 2 is 1.73 bits per heavy atom. The monoisotopic (exact) mass is 228 g/mol. The van der Waals surface area contributed by atoms with E-state index in [9.17, 15) is 4.79 Å². The van der Waals surface area contributed by atoms with Gasteiger partial charge in [0.15, 0.2) is 0 Å². The first-order valence-electron chi connectivity index (χ1n) is 4.33. The number of esters is 1. The molecule has 1 aromatic carbocycles. The van der Waals surface area contributed by atoms with Crippen molar-refractivity contribution in [2.75, 3.05) is 0 Å². The van der Waals surface area contributed by atoms with Crippen LogP contribution in [0, 0.1) is 6.92 Å². The molecule has 0 amide bonds. The fourth-order valence-electron chi connectivity index (χ4n) is 0.810. The Labute approximate surface area is 91.9 Å². The molecule has 0 saturated carbocycles. The van der Waals surface area contributed by atoms with E-state index in [0.717, 1.165) is 5.56 Å². The third-order valence-electron chi connectivity index (χ3n) is 1.54. The van der Waals surface area contributed by atoms with E-state index in [0.29, 0.717) is 12.2 Å². The molecule has 0 aliphatic carbocycles. The number of hydrogen-bond donors (Lipinski definition) is 0. The van der Waals surface area contributed by atoms with Gasteiger partial charge >= 0.3 is 17.5 Å². The Balaban J connectivity index is 0.000000583. The summed E-state index contributed by atoms with van der Waals surface area (Å²) in [6.07, 6.45) is 0.411. The van der Waals surface area contributed by atoms with Gasteiger partial charge in [0.2, 0.25) is 0 Å². The molecule has 0 aromatic heterocycles. The highest BCUT2D eigenvalue weighted by molar-refractivity contribution is 7.51. The summed E-state index contributed by atoms with van der Waals surface area (Å²) in [5, 5.41) is 0. The molecule has 0 radical (unpaired) electrons. The van der Waals surface area contributed by atoms with E-state index >= 15 is 0 Å². The maximum absolute atomic E-state index is 10.8. The van der Waals surface area contributed by atoms with Crippen molar-refractivity contribution in [3.05, 3.63) is 29.8 Å². The second-order valence-electron chi connectivity index (χ2n) is 2.71. The molecule has 4 nitrogen and oxygen atoms in total. The smallest absolute Gasteiger partial charge is 0.335 e. The summed E-state index contributed by atoms with van der Waals surface area (Å²) in [4.78, 5) is 10.8. The number of benzene rings is 1. The second kappa shape index (κ2) is 7.87. The van der Waals surface area contributed by atoms with Crippen molar-refractivity contribution in [1.82, 2.24) is 0 Å². The van der Waals surface area contributed by atoms with Crippen LogP contribution in [0.4, 0.5) is 0 Å². The van der Waals surface area contributed by atoms with Gasteiger partial charge in [0.05, 0.1) is 0 Å². The van der Waals surface area contributed by atoms with E-state index in [1.165, 1.54) is 0 Å². The Bertz CT molecular complexity index is 339. The fraction of sp³-hybridized carbons (Fsp3) is 0.300. The van der Waals surface area contributed by atoms with E-state index in [2.05, 4.69) is 0 Å². The minimum Gasteiger partial charge on any atom is -0.427 e. The van der Waals surface area contributed by atoms with Crippen LogP contribution in [0.2, 0.25) is 0 Å². The Hall–Kier alpha value is -1.49. The van der Waals surface area contributed by atoms with E-state index < -0.39 is 11.6 Å². The summed E-state index contributed by atoms with van der Waals surface area (Å²) in [5.74, 6) is 0.423. The van der Waals surface area contributed by atoms with Crippen LogP contribution in [-0.4, -0.2) is 14.4 Å². The molecule has 0 aliphatic heterocycles. The highest BCUT2D eigenvalue weighted by atomic mass is 32.1. The van der Waals surface area contributed by atoms with E-state index in [1.807, 2.05) is 19.1 Å². The molecule has 0 fully saturated rings. The molecule has 5 heteroatoms. The van der Waals surface area contributed by atoms with Gasteiger partial charge in [-0.25, -0.2) is 0 Å². The molecule has 0 aliphatic rings. The first-order chi connectivity index (χ1) is 7.13. The summed E-state index contributed by atoms with van der Waals surface area (Å²) in [7, 11) is 0. The zero-order chi connectivity index (χ0) is 11.7. The van der Waals surface area contributed by atoms with Gasteiger partial charge in [-0.1, -0.05) is 24.6 Å². The molecule has 1 aromatic rings. The van der Waals surface area contributed by atoms with Crippen LogP contribution in [0.1, 0.15) is 18.9 Å². The lowest BCUT2D eigenvalue weighted by atomic mass is 10.2. The number of aryl methyl sites for hydroxylation is 1. The van der Waals surface area contributed by atoms with Crippen molar-refractivity contribution < 1.29 is 17.9 Å². The Morgan fingerprint density at radius 3 is 2.13 bits per heavy atom. The van der Waals surface area contributed by atoms with Crippen LogP contribution < -0.4 is 4.74 Å². The third-order valence-corrected chi connectivity index (χ3v) is 1.54. The molecule has 0 heterocycles. The number of ether oxygens (including phenoxy) is 1. The van der Waals surface area contributed by atoms with Crippen LogP contribution in [0.3, 0.4) is 0 Å². The van der Waals surface area contributed by atoms with Crippen molar-refractivity contribution in [2.45, 2.75) is 20.3 Å². The quantitative estimate of drug-likeness (QED) is 0.570. The number of hydrogen-bond acceptors (Lipinski definition) is 4. The minimum absolute atomic E-state index is 0.196.